The average molecular weight is 430 g/mol. The van der Waals surface area contributed by atoms with Gasteiger partial charge >= 0.3 is 0 Å². The van der Waals surface area contributed by atoms with Crippen molar-refractivity contribution in [3.8, 4) is 5.75 Å². The average Bonchev–Trinajstić information content (AvgIpc) is 2.61. The Bertz CT molecular complexity index is 970. The van der Waals surface area contributed by atoms with Crippen LogP contribution in [0, 0.1) is 11.6 Å². The van der Waals surface area contributed by atoms with Crippen molar-refractivity contribution in [1.29, 1.82) is 0 Å². The van der Waals surface area contributed by atoms with Crippen LogP contribution in [0.5, 0.6) is 5.75 Å². The molecule has 3 aromatic rings. The van der Waals surface area contributed by atoms with Gasteiger partial charge in [0.25, 0.3) is 0 Å². The predicted octanol–water partition coefficient (Wildman–Crippen LogP) is 5.97. The number of rotatable bonds is 2. The molecule has 27 heavy (non-hydrogen) atoms. The maximum atomic E-state index is 14.9. The van der Waals surface area contributed by atoms with Crippen LogP contribution in [0.25, 0.3) is 0 Å². The zero-order chi connectivity index (χ0) is 19.1. The first-order valence-corrected chi connectivity index (χ1v) is 9.54. The number of hydrogen-bond acceptors (Lipinski definition) is 2. The molecule has 5 heteroatoms. The van der Waals surface area contributed by atoms with Gasteiger partial charge in [0.15, 0.2) is 0 Å². The van der Waals surface area contributed by atoms with Crippen molar-refractivity contribution in [3.05, 3.63) is 93.5 Å². The summed E-state index contributed by atoms with van der Waals surface area (Å²) in [6.45, 7) is 2.03. The molecule has 2 unspecified atom stereocenters. The van der Waals surface area contributed by atoms with Crippen LogP contribution in [0.1, 0.15) is 29.7 Å². The van der Waals surface area contributed by atoms with E-state index in [9.17, 15) is 13.9 Å². The second-order valence-electron chi connectivity index (χ2n) is 6.86. The van der Waals surface area contributed by atoms with Crippen LogP contribution in [-0.2, 0) is 6.42 Å². The number of phenols is 1. The van der Waals surface area contributed by atoms with E-state index in [0.717, 1.165) is 16.8 Å². The number of para-hydroxylation sites is 1. The molecule has 2 atom stereocenters. The first-order chi connectivity index (χ1) is 13.0. The van der Waals surface area contributed by atoms with Crippen molar-refractivity contribution < 1.29 is 13.9 Å². The van der Waals surface area contributed by atoms with Crippen LogP contribution in [0.15, 0.2) is 65.1 Å². The highest BCUT2D eigenvalue weighted by Gasteiger charge is 2.36. The Morgan fingerprint density at radius 1 is 1.00 bits per heavy atom. The summed E-state index contributed by atoms with van der Waals surface area (Å²) >= 11 is 3.16. The van der Waals surface area contributed by atoms with Crippen LogP contribution >= 0.6 is 15.9 Å². The van der Waals surface area contributed by atoms with Gasteiger partial charge in [-0.25, -0.2) is 8.78 Å². The second-order valence-corrected chi connectivity index (χ2v) is 7.78. The molecule has 4 rings (SSSR count). The van der Waals surface area contributed by atoms with Crippen molar-refractivity contribution in [1.82, 2.24) is 0 Å². The van der Waals surface area contributed by atoms with Crippen LogP contribution in [0.3, 0.4) is 0 Å². The number of anilines is 1. The van der Waals surface area contributed by atoms with Gasteiger partial charge in [0.05, 0.1) is 11.6 Å². The molecular weight excluding hydrogens is 412 g/mol. The molecular formula is C22H18BrF2NO. The van der Waals surface area contributed by atoms with E-state index in [2.05, 4.69) is 20.8 Å². The first-order valence-electron chi connectivity index (χ1n) is 8.75. The van der Waals surface area contributed by atoms with E-state index in [4.69, 9.17) is 0 Å². The highest BCUT2D eigenvalue weighted by molar-refractivity contribution is 9.10. The summed E-state index contributed by atoms with van der Waals surface area (Å²) in [7, 11) is 0. The minimum absolute atomic E-state index is 0.00542. The second kappa shape index (κ2) is 6.97. The molecule has 0 saturated heterocycles. The number of aromatic hydroxyl groups is 1. The molecule has 3 aromatic carbocycles. The number of halogens is 3. The van der Waals surface area contributed by atoms with Crippen molar-refractivity contribution >= 4 is 21.6 Å². The lowest BCUT2D eigenvalue weighted by Crippen LogP contribution is -2.43. The molecule has 1 aliphatic rings. The van der Waals surface area contributed by atoms with Crippen LogP contribution in [-0.4, -0.2) is 11.1 Å². The van der Waals surface area contributed by atoms with E-state index in [1.165, 1.54) is 12.1 Å². The van der Waals surface area contributed by atoms with Gasteiger partial charge in [-0.05, 0) is 60.9 Å². The third-order valence-electron chi connectivity index (χ3n) is 5.06. The van der Waals surface area contributed by atoms with Gasteiger partial charge in [-0.2, -0.15) is 0 Å². The van der Waals surface area contributed by atoms with E-state index in [1.807, 2.05) is 37.3 Å². The Labute approximate surface area is 165 Å². The van der Waals surface area contributed by atoms with E-state index in [-0.39, 0.29) is 17.4 Å². The van der Waals surface area contributed by atoms with Crippen molar-refractivity contribution in [2.24, 2.45) is 0 Å². The van der Waals surface area contributed by atoms with E-state index in [1.54, 1.807) is 18.2 Å². The summed E-state index contributed by atoms with van der Waals surface area (Å²) in [5.74, 6) is -1.04. The minimum atomic E-state index is -0.625. The summed E-state index contributed by atoms with van der Waals surface area (Å²) in [5, 5.41) is 9.89. The summed E-state index contributed by atoms with van der Waals surface area (Å²) in [6, 6.07) is 16.6. The van der Waals surface area contributed by atoms with E-state index >= 15 is 0 Å². The molecule has 0 saturated carbocycles. The van der Waals surface area contributed by atoms with Gasteiger partial charge in [0.2, 0.25) is 0 Å². The highest BCUT2D eigenvalue weighted by Crippen LogP contribution is 2.43. The maximum Gasteiger partial charge on any atom is 0.132 e. The number of nitrogens with zero attached hydrogens (tertiary/aromatic N) is 1. The smallest absolute Gasteiger partial charge is 0.132 e. The van der Waals surface area contributed by atoms with Crippen molar-refractivity contribution in [2.45, 2.75) is 25.4 Å². The third-order valence-corrected chi connectivity index (χ3v) is 5.52. The molecule has 0 spiro atoms. The molecule has 1 aliphatic heterocycles. The Morgan fingerprint density at radius 2 is 1.67 bits per heavy atom. The topological polar surface area (TPSA) is 23.5 Å². The summed E-state index contributed by atoms with van der Waals surface area (Å²) < 4.78 is 30.2. The Kier molecular flexibility index (Phi) is 4.64. The van der Waals surface area contributed by atoms with Gasteiger partial charge in [0, 0.05) is 16.2 Å². The van der Waals surface area contributed by atoms with Crippen LogP contribution in [0.4, 0.5) is 14.5 Å². The van der Waals surface area contributed by atoms with E-state index in [0.29, 0.717) is 10.9 Å². The molecule has 1 N–H and O–H groups in total. The number of fused-ring (bicyclic) bond motifs is 1. The molecule has 2 nitrogen and oxygen atoms in total. The number of phenolic OH excluding ortho intramolecular Hbond substituents is 1. The number of hydrogen-bond donors (Lipinski definition) is 1. The molecule has 0 amide bonds. The first kappa shape index (κ1) is 18.0. The summed E-state index contributed by atoms with van der Waals surface area (Å²) in [4.78, 5) is 2.05. The molecule has 1 heterocycles. The zero-order valence-corrected chi connectivity index (χ0v) is 16.2. The molecule has 0 radical (unpaired) electrons. The lowest BCUT2D eigenvalue weighted by atomic mass is 9.84. The predicted molar refractivity (Wildman–Crippen MR) is 106 cm³/mol. The largest absolute Gasteiger partial charge is 0.508 e. The summed E-state index contributed by atoms with van der Waals surface area (Å²) in [5.41, 5.74) is 2.62. The third kappa shape index (κ3) is 3.21. The maximum absolute atomic E-state index is 14.9. The lowest BCUT2D eigenvalue weighted by molar-refractivity contribution is 0.466. The number of benzene rings is 3. The normalized spacial score (nSPS) is 19.0. The summed E-state index contributed by atoms with van der Waals surface area (Å²) in [6.07, 6.45) is 0.675. The SMILES string of the molecule is CC1Cc2cc(O)ccc2C(c2c(F)cc(Br)cc2F)N1c1ccccc1. The Morgan fingerprint density at radius 3 is 2.33 bits per heavy atom. The van der Waals surface area contributed by atoms with Gasteiger partial charge in [-0.3, -0.25) is 0 Å². The van der Waals surface area contributed by atoms with Crippen LogP contribution < -0.4 is 4.90 Å². The van der Waals surface area contributed by atoms with Gasteiger partial charge < -0.3 is 10.0 Å². The molecule has 138 valence electrons. The van der Waals surface area contributed by atoms with E-state index < -0.39 is 17.7 Å². The monoisotopic (exact) mass is 429 g/mol. The highest BCUT2D eigenvalue weighted by atomic mass is 79.9. The Balaban J connectivity index is 1.98. The fourth-order valence-electron chi connectivity index (χ4n) is 3.97. The quantitative estimate of drug-likeness (QED) is 0.541. The minimum Gasteiger partial charge on any atom is -0.508 e. The lowest BCUT2D eigenvalue weighted by Gasteiger charge is -2.44. The van der Waals surface area contributed by atoms with Crippen molar-refractivity contribution in [3.63, 3.8) is 0 Å². The zero-order valence-electron chi connectivity index (χ0n) is 14.7. The fraction of sp³-hybridized carbons (Fsp3) is 0.182. The fourth-order valence-corrected chi connectivity index (χ4v) is 4.37. The van der Waals surface area contributed by atoms with Gasteiger partial charge in [-0.1, -0.05) is 40.2 Å². The molecule has 0 fully saturated rings. The molecule has 0 aromatic heterocycles. The van der Waals surface area contributed by atoms with Gasteiger partial charge in [0.1, 0.15) is 17.4 Å². The Hall–Kier alpha value is -2.40. The van der Waals surface area contributed by atoms with Gasteiger partial charge in [-0.15, -0.1) is 0 Å². The molecule has 0 aliphatic carbocycles. The molecule has 0 bridgehead atoms. The van der Waals surface area contributed by atoms with Crippen LogP contribution in [0.2, 0.25) is 0 Å². The standard InChI is InChI=1S/C22H18BrF2NO/c1-13-9-14-10-17(27)7-8-18(14)22(26(13)16-5-3-2-4-6-16)21-19(24)11-15(23)12-20(21)25/h2-8,10-13,22,27H,9H2,1H3. The van der Waals surface area contributed by atoms with Crippen molar-refractivity contribution in [2.75, 3.05) is 4.90 Å².